The smallest absolute Gasteiger partial charge is 0.122 e. The van der Waals surface area contributed by atoms with E-state index in [1.54, 1.807) is 7.11 Å². The second-order valence-corrected chi connectivity index (χ2v) is 5.36. The van der Waals surface area contributed by atoms with Crippen LogP contribution in [0.4, 0.5) is 0 Å². The molecule has 1 aromatic rings. The molecule has 0 aliphatic carbocycles. The van der Waals surface area contributed by atoms with Gasteiger partial charge in [-0.15, -0.1) is 0 Å². The molecular formula is C15H23NO2. The first kappa shape index (κ1) is 13.4. The Bertz CT molecular complexity index is 434. The van der Waals surface area contributed by atoms with Crippen molar-refractivity contribution in [3.05, 3.63) is 28.8 Å². The fourth-order valence-electron chi connectivity index (χ4n) is 2.92. The van der Waals surface area contributed by atoms with Gasteiger partial charge in [0, 0.05) is 6.04 Å². The van der Waals surface area contributed by atoms with Crippen LogP contribution in [0.1, 0.15) is 36.5 Å². The minimum absolute atomic E-state index is 0.143. The average Bonchev–Trinajstić information content (AvgIpc) is 2.86. The van der Waals surface area contributed by atoms with Gasteiger partial charge in [0.05, 0.1) is 7.11 Å². The summed E-state index contributed by atoms with van der Waals surface area (Å²) >= 11 is 0. The molecule has 1 aliphatic heterocycles. The summed E-state index contributed by atoms with van der Waals surface area (Å²) in [5.74, 6) is 0.881. The SMILES string of the molecule is COc1ccc(C(C)(O)C2CCCN2)c(C)c1C. The molecule has 100 valence electrons. The molecule has 0 bridgehead atoms. The first-order valence-electron chi connectivity index (χ1n) is 6.59. The van der Waals surface area contributed by atoms with Gasteiger partial charge in [-0.3, -0.25) is 0 Å². The zero-order valence-electron chi connectivity index (χ0n) is 11.7. The Balaban J connectivity index is 2.41. The summed E-state index contributed by atoms with van der Waals surface area (Å²) < 4.78 is 5.32. The monoisotopic (exact) mass is 249 g/mol. The molecule has 2 atom stereocenters. The van der Waals surface area contributed by atoms with Crippen LogP contribution < -0.4 is 10.1 Å². The van der Waals surface area contributed by atoms with Gasteiger partial charge in [-0.1, -0.05) is 6.07 Å². The molecule has 0 saturated carbocycles. The first-order chi connectivity index (χ1) is 8.48. The minimum atomic E-state index is -0.822. The molecule has 2 rings (SSSR count). The third kappa shape index (κ3) is 2.13. The fraction of sp³-hybridized carbons (Fsp3) is 0.600. The van der Waals surface area contributed by atoms with Crippen molar-refractivity contribution in [2.24, 2.45) is 0 Å². The van der Waals surface area contributed by atoms with E-state index < -0.39 is 5.60 Å². The van der Waals surface area contributed by atoms with E-state index in [0.29, 0.717) is 0 Å². The number of methoxy groups -OCH3 is 1. The molecule has 3 nitrogen and oxygen atoms in total. The molecule has 1 fully saturated rings. The summed E-state index contributed by atoms with van der Waals surface area (Å²) in [6, 6.07) is 4.08. The predicted molar refractivity (Wildman–Crippen MR) is 73.1 cm³/mol. The van der Waals surface area contributed by atoms with E-state index in [-0.39, 0.29) is 6.04 Å². The molecule has 1 aliphatic rings. The number of hydrogen-bond donors (Lipinski definition) is 2. The van der Waals surface area contributed by atoms with Gasteiger partial charge in [-0.25, -0.2) is 0 Å². The van der Waals surface area contributed by atoms with Gasteiger partial charge in [-0.2, -0.15) is 0 Å². The van der Waals surface area contributed by atoms with Crippen LogP contribution >= 0.6 is 0 Å². The van der Waals surface area contributed by atoms with Crippen LogP contribution in [-0.2, 0) is 5.60 Å². The van der Waals surface area contributed by atoms with E-state index >= 15 is 0 Å². The van der Waals surface area contributed by atoms with Crippen LogP contribution in [-0.4, -0.2) is 24.8 Å². The highest BCUT2D eigenvalue weighted by Gasteiger charge is 2.36. The largest absolute Gasteiger partial charge is 0.496 e. The lowest BCUT2D eigenvalue weighted by Crippen LogP contribution is -2.43. The molecule has 0 spiro atoms. The number of aliphatic hydroxyl groups is 1. The molecule has 0 aromatic heterocycles. The molecule has 3 heteroatoms. The van der Waals surface area contributed by atoms with Crippen molar-refractivity contribution in [1.82, 2.24) is 5.32 Å². The number of rotatable bonds is 3. The van der Waals surface area contributed by atoms with E-state index in [1.807, 2.05) is 26.0 Å². The summed E-state index contributed by atoms with van der Waals surface area (Å²) in [7, 11) is 1.68. The van der Waals surface area contributed by atoms with Crippen molar-refractivity contribution in [2.45, 2.75) is 45.3 Å². The molecule has 0 radical (unpaired) electrons. The van der Waals surface area contributed by atoms with Gasteiger partial charge in [0.15, 0.2) is 0 Å². The quantitative estimate of drug-likeness (QED) is 0.863. The lowest BCUT2D eigenvalue weighted by atomic mass is 9.83. The topological polar surface area (TPSA) is 41.5 Å². The zero-order chi connectivity index (χ0) is 13.3. The van der Waals surface area contributed by atoms with Crippen molar-refractivity contribution in [3.8, 4) is 5.75 Å². The second kappa shape index (κ2) is 4.90. The average molecular weight is 249 g/mol. The van der Waals surface area contributed by atoms with Gasteiger partial charge in [0.1, 0.15) is 11.4 Å². The first-order valence-corrected chi connectivity index (χ1v) is 6.59. The van der Waals surface area contributed by atoms with Gasteiger partial charge < -0.3 is 15.2 Å². The minimum Gasteiger partial charge on any atom is -0.496 e. The highest BCUT2D eigenvalue weighted by Crippen LogP contribution is 2.35. The van der Waals surface area contributed by atoms with E-state index in [4.69, 9.17) is 4.74 Å². The maximum atomic E-state index is 10.9. The lowest BCUT2D eigenvalue weighted by molar-refractivity contribution is 0.0211. The van der Waals surface area contributed by atoms with Crippen LogP contribution in [0.3, 0.4) is 0 Å². The molecule has 2 N–H and O–H groups in total. The Kier molecular flexibility index (Phi) is 3.64. The van der Waals surface area contributed by atoms with Crippen molar-refractivity contribution in [1.29, 1.82) is 0 Å². The Morgan fingerprint density at radius 1 is 1.33 bits per heavy atom. The Hall–Kier alpha value is -1.06. The van der Waals surface area contributed by atoms with Crippen LogP contribution in [0.2, 0.25) is 0 Å². The van der Waals surface area contributed by atoms with Crippen molar-refractivity contribution in [2.75, 3.05) is 13.7 Å². The molecule has 1 saturated heterocycles. The van der Waals surface area contributed by atoms with Crippen LogP contribution in [0.5, 0.6) is 5.75 Å². The van der Waals surface area contributed by atoms with Crippen molar-refractivity contribution in [3.63, 3.8) is 0 Å². The zero-order valence-corrected chi connectivity index (χ0v) is 11.7. The summed E-state index contributed by atoms with van der Waals surface area (Å²) in [6.07, 6.45) is 2.16. The molecular weight excluding hydrogens is 226 g/mol. The molecule has 2 unspecified atom stereocenters. The molecule has 1 aromatic carbocycles. The number of benzene rings is 1. The third-order valence-corrected chi connectivity index (χ3v) is 4.24. The standard InChI is InChI=1S/C15H23NO2/c1-10-11(2)13(18-4)8-7-12(10)15(3,17)14-6-5-9-16-14/h7-8,14,16-17H,5-6,9H2,1-4H3. The normalized spacial score (nSPS) is 22.8. The number of hydrogen-bond acceptors (Lipinski definition) is 3. The van der Waals surface area contributed by atoms with E-state index in [0.717, 1.165) is 41.8 Å². The number of nitrogens with one attached hydrogen (secondary N) is 1. The van der Waals surface area contributed by atoms with Gasteiger partial charge in [0.2, 0.25) is 0 Å². The van der Waals surface area contributed by atoms with E-state index in [1.165, 1.54) is 0 Å². The van der Waals surface area contributed by atoms with Gasteiger partial charge in [0.25, 0.3) is 0 Å². The Morgan fingerprint density at radius 3 is 2.61 bits per heavy atom. The Labute approximate surface area is 109 Å². The molecule has 0 amide bonds. The number of ether oxygens (including phenoxy) is 1. The van der Waals surface area contributed by atoms with Crippen LogP contribution in [0.15, 0.2) is 12.1 Å². The second-order valence-electron chi connectivity index (χ2n) is 5.36. The maximum Gasteiger partial charge on any atom is 0.122 e. The van der Waals surface area contributed by atoms with Crippen LogP contribution in [0, 0.1) is 13.8 Å². The van der Waals surface area contributed by atoms with Gasteiger partial charge >= 0.3 is 0 Å². The van der Waals surface area contributed by atoms with Crippen molar-refractivity contribution < 1.29 is 9.84 Å². The maximum absolute atomic E-state index is 10.9. The predicted octanol–water partition coefficient (Wildman–Crippen LogP) is 2.27. The molecule has 18 heavy (non-hydrogen) atoms. The van der Waals surface area contributed by atoms with Gasteiger partial charge in [-0.05, 0) is 62.9 Å². The summed E-state index contributed by atoms with van der Waals surface area (Å²) in [5.41, 5.74) is 2.40. The molecule has 1 heterocycles. The summed E-state index contributed by atoms with van der Waals surface area (Å²) in [6.45, 7) is 6.99. The fourth-order valence-corrected chi connectivity index (χ4v) is 2.92. The third-order valence-electron chi connectivity index (χ3n) is 4.24. The highest BCUT2D eigenvalue weighted by molar-refractivity contribution is 5.46. The van der Waals surface area contributed by atoms with E-state index in [2.05, 4.69) is 12.2 Å². The van der Waals surface area contributed by atoms with Crippen molar-refractivity contribution >= 4 is 0 Å². The lowest BCUT2D eigenvalue weighted by Gasteiger charge is -2.33. The van der Waals surface area contributed by atoms with Crippen LogP contribution in [0.25, 0.3) is 0 Å². The highest BCUT2D eigenvalue weighted by atomic mass is 16.5. The Morgan fingerprint density at radius 2 is 2.06 bits per heavy atom. The summed E-state index contributed by atoms with van der Waals surface area (Å²) in [4.78, 5) is 0. The summed E-state index contributed by atoms with van der Waals surface area (Å²) in [5, 5.41) is 14.2. The van der Waals surface area contributed by atoms with E-state index in [9.17, 15) is 5.11 Å².